The van der Waals surface area contributed by atoms with Crippen molar-refractivity contribution in [3.63, 3.8) is 0 Å². The van der Waals surface area contributed by atoms with Crippen molar-refractivity contribution in [2.45, 2.75) is 33.2 Å². The molecule has 0 atom stereocenters. The van der Waals surface area contributed by atoms with E-state index in [1.165, 1.54) is 6.92 Å². The largest absolute Gasteiger partial charge is 0.338 e. The maximum Gasteiger partial charge on any atom is 0.222 e. The van der Waals surface area contributed by atoms with Gasteiger partial charge in [-0.1, -0.05) is 6.07 Å². The molecule has 0 bridgehead atoms. The van der Waals surface area contributed by atoms with Crippen LogP contribution in [0.5, 0.6) is 0 Å². The Kier molecular flexibility index (Phi) is 3.65. The number of amides is 2. The molecule has 1 saturated heterocycles. The highest BCUT2D eigenvalue weighted by molar-refractivity contribution is 5.88. The molecule has 96 valence electrons. The Balaban J connectivity index is 2.09. The molecule has 1 aromatic carbocycles. The van der Waals surface area contributed by atoms with Gasteiger partial charge in [-0.15, -0.1) is 0 Å². The molecule has 0 spiro atoms. The minimum atomic E-state index is -0.0723. The van der Waals surface area contributed by atoms with Crippen LogP contribution in [-0.2, 0) is 16.1 Å². The second kappa shape index (κ2) is 5.21. The summed E-state index contributed by atoms with van der Waals surface area (Å²) < 4.78 is 0. The van der Waals surface area contributed by atoms with Crippen LogP contribution in [0, 0.1) is 6.92 Å². The summed E-state index contributed by atoms with van der Waals surface area (Å²) in [6.45, 7) is 5.02. The van der Waals surface area contributed by atoms with Crippen molar-refractivity contribution in [1.82, 2.24) is 4.90 Å². The Morgan fingerprint density at radius 2 is 2.22 bits per heavy atom. The predicted molar refractivity (Wildman–Crippen MR) is 70.1 cm³/mol. The van der Waals surface area contributed by atoms with Crippen LogP contribution in [0.15, 0.2) is 18.2 Å². The number of nitrogens with zero attached hydrogens (tertiary/aromatic N) is 1. The maximum absolute atomic E-state index is 11.6. The standard InChI is InChI=1S/C14H18N2O2/c1-10-8-13(15-11(2)17)6-5-12(10)9-16-7-3-4-14(16)18/h5-6,8H,3-4,7,9H2,1-2H3,(H,15,17). The van der Waals surface area contributed by atoms with E-state index in [1.807, 2.05) is 30.0 Å². The van der Waals surface area contributed by atoms with Crippen molar-refractivity contribution in [2.75, 3.05) is 11.9 Å². The van der Waals surface area contributed by atoms with Gasteiger partial charge in [-0.05, 0) is 36.6 Å². The van der Waals surface area contributed by atoms with Crippen molar-refractivity contribution in [2.24, 2.45) is 0 Å². The lowest BCUT2D eigenvalue weighted by atomic mass is 10.1. The van der Waals surface area contributed by atoms with E-state index in [9.17, 15) is 9.59 Å². The highest BCUT2D eigenvalue weighted by Gasteiger charge is 2.20. The van der Waals surface area contributed by atoms with Crippen molar-refractivity contribution in [1.29, 1.82) is 0 Å². The molecular formula is C14H18N2O2. The van der Waals surface area contributed by atoms with Crippen LogP contribution in [0.4, 0.5) is 5.69 Å². The molecule has 0 radical (unpaired) electrons. The lowest BCUT2D eigenvalue weighted by Gasteiger charge is -2.17. The quantitative estimate of drug-likeness (QED) is 0.887. The average Bonchev–Trinajstić information content (AvgIpc) is 2.67. The summed E-state index contributed by atoms with van der Waals surface area (Å²) in [6.07, 6.45) is 1.63. The predicted octanol–water partition coefficient (Wildman–Crippen LogP) is 2.08. The monoisotopic (exact) mass is 246 g/mol. The highest BCUT2D eigenvalue weighted by atomic mass is 16.2. The van der Waals surface area contributed by atoms with E-state index in [1.54, 1.807) is 0 Å². The van der Waals surface area contributed by atoms with Gasteiger partial charge < -0.3 is 10.2 Å². The summed E-state index contributed by atoms with van der Waals surface area (Å²) in [4.78, 5) is 24.4. The van der Waals surface area contributed by atoms with Gasteiger partial charge in [-0.25, -0.2) is 0 Å². The minimum absolute atomic E-state index is 0.0723. The summed E-state index contributed by atoms with van der Waals surface area (Å²) in [5, 5.41) is 2.76. The zero-order valence-electron chi connectivity index (χ0n) is 10.8. The molecule has 1 heterocycles. The van der Waals surface area contributed by atoms with Crippen LogP contribution in [0.1, 0.15) is 30.9 Å². The van der Waals surface area contributed by atoms with Crippen LogP contribution in [0.2, 0.25) is 0 Å². The van der Waals surface area contributed by atoms with Crippen molar-refractivity contribution in [3.05, 3.63) is 29.3 Å². The maximum atomic E-state index is 11.6. The lowest BCUT2D eigenvalue weighted by Crippen LogP contribution is -2.24. The van der Waals surface area contributed by atoms with E-state index in [-0.39, 0.29) is 11.8 Å². The minimum Gasteiger partial charge on any atom is -0.338 e. The summed E-state index contributed by atoms with van der Waals surface area (Å²) in [5.74, 6) is 0.164. The fraction of sp³-hybridized carbons (Fsp3) is 0.429. The molecule has 1 aliphatic rings. The molecule has 2 rings (SSSR count). The number of carbonyl (C=O) groups is 2. The van der Waals surface area contributed by atoms with E-state index in [0.717, 1.165) is 29.8 Å². The Labute approximate surface area is 107 Å². The van der Waals surface area contributed by atoms with Gasteiger partial charge in [0.15, 0.2) is 0 Å². The molecule has 4 nitrogen and oxygen atoms in total. The number of nitrogens with one attached hydrogen (secondary N) is 1. The molecule has 4 heteroatoms. The number of benzene rings is 1. The number of rotatable bonds is 3. The molecule has 1 fully saturated rings. The lowest BCUT2D eigenvalue weighted by molar-refractivity contribution is -0.128. The third-order valence-electron chi connectivity index (χ3n) is 3.20. The van der Waals surface area contributed by atoms with Gasteiger partial charge in [0.05, 0.1) is 0 Å². The Morgan fingerprint density at radius 3 is 2.78 bits per heavy atom. The van der Waals surface area contributed by atoms with Gasteiger partial charge >= 0.3 is 0 Å². The van der Waals surface area contributed by atoms with Gasteiger partial charge in [-0.2, -0.15) is 0 Å². The molecule has 1 N–H and O–H groups in total. The van der Waals surface area contributed by atoms with Crippen LogP contribution in [0.3, 0.4) is 0 Å². The second-order valence-electron chi connectivity index (χ2n) is 4.74. The first kappa shape index (κ1) is 12.6. The Bertz CT molecular complexity index is 483. The van der Waals surface area contributed by atoms with Crippen LogP contribution in [0.25, 0.3) is 0 Å². The van der Waals surface area contributed by atoms with Gasteiger partial charge in [0, 0.05) is 32.1 Å². The highest BCUT2D eigenvalue weighted by Crippen LogP contribution is 2.19. The third kappa shape index (κ3) is 2.88. The van der Waals surface area contributed by atoms with Gasteiger partial charge in [0.2, 0.25) is 11.8 Å². The normalized spacial score (nSPS) is 15.0. The van der Waals surface area contributed by atoms with Crippen molar-refractivity contribution >= 4 is 17.5 Å². The van der Waals surface area contributed by atoms with E-state index >= 15 is 0 Å². The molecule has 0 aliphatic carbocycles. The number of carbonyl (C=O) groups excluding carboxylic acids is 2. The second-order valence-corrected chi connectivity index (χ2v) is 4.74. The Morgan fingerprint density at radius 1 is 1.44 bits per heavy atom. The summed E-state index contributed by atoms with van der Waals surface area (Å²) in [7, 11) is 0. The topological polar surface area (TPSA) is 49.4 Å². The molecule has 0 aromatic heterocycles. The van der Waals surface area contributed by atoms with Gasteiger partial charge in [-0.3, -0.25) is 9.59 Å². The SMILES string of the molecule is CC(=O)Nc1ccc(CN2CCCC2=O)c(C)c1. The fourth-order valence-electron chi connectivity index (χ4n) is 2.23. The third-order valence-corrected chi connectivity index (χ3v) is 3.20. The van der Waals surface area contributed by atoms with Crippen LogP contribution < -0.4 is 5.32 Å². The first-order valence-corrected chi connectivity index (χ1v) is 6.21. The molecule has 0 saturated carbocycles. The van der Waals surface area contributed by atoms with E-state index in [2.05, 4.69) is 5.32 Å². The number of likely N-dealkylation sites (tertiary alicyclic amines) is 1. The number of hydrogen-bond donors (Lipinski definition) is 1. The average molecular weight is 246 g/mol. The molecular weight excluding hydrogens is 228 g/mol. The Hall–Kier alpha value is -1.84. The number of aryl methyl sites for hydroxylation is 1. The van der Waals surface area contributed by atoms with E-state index in [4.69, 9.17) is 0 Å². The molecule has 18 heavy (non-hydrogen) atoms. The van der Waals surface area contributed by atoms with Crippen LogP contribution in [-0.4, -0.2) is 23.3 Å². The van der Waals surface area contributed by atoms with E-state index in [0.29, 0.717) is 13.0 Å². The zero-order chi connectivity index (χ0) is 13.1. The van der Waals surface area contributed by atoms with Crippen molar-refractivity contribution in [3.8, 4) is 0 Å². The van der Waals surface area contributed by atoms with Crippen LogP contribution >= 0.6 is 0 Å². The summed E-state index contributed by atoms with van der Waals surface area (Å²) in [6, 6.07) is 5.80. The fourth-order valence-corrected chi connectivity index (χ4v) is 2.23. The first-order chi connectivity index (χ1) is 8.56. The molecule has 2 amide bonds. The first-order valence-electron chi connectivity index (χ1n) is 6.21. The van der Waals surface area contributed by atoms with Crippen molar-refractivity contribution < 1.29 is 9.59 Å². The molecule has 1 aliphatic heterocycles. The van der Waals surface area contributed by atoms with E-state index < -0.39 is 0 Å². The molecule has 0 unspecified atom stereocenters. The van der Waals surface area contributed by atoms with Gasteiger partial charge in [0.25, 0.3) is 0 Å². The summed E-state index contributed by atoms with van der Waals surface area (Å²) in [5.41, 5.74) is 3.04. The molecule has 1 aromatic rings. The van der Waals surface area contributed by atoms with Gasteiger partial charge in [0.1, 0.15) is 0 Å². The smallest absolute Gasteiger partial charge is 0.222 e. The number of anilines is 1. The summed E-state index contributed by atoms with van der Waals surface area (Å²) >= 11 is 0. The number of hydrogen-bond acceptors (Lipinski definition) is 2. The zero-order valence-corrected chi connectivity index (χ0v) is 10.8.